The molecule has 2 aromatic rings. The van der Waals surface area contributed by atoms with Crippen LogP contribution in [0, 0.1) is 0 Å². The van der Waals surface area contributed by atoms with Crippen LogP contribution >= 0.6 is 15.9 Å². The molecular formula is C18H19BrO2. The number of halogens is 1. The molecule has 1 aliphatic carbocycles. The Bertz CT molecular complexity index is 676. The minimum absolute atomic E-state index is 0.0287. The fourth-order valence-corrected chi connectivity index (χ4v) is 4.68. The molecule has 0 saturated heterocycles. The molecular weight excluding hydrogens is 328 g/mol. The number of aliphatic hydroxyl groups excluding tert-OH is 1. The lowest BCUT2D eigenvalue weighted by atomic mass is 9.77. The van der Waals surface area contributed by atoms with Crippen molar-refractivity contribution in [2.75, 3.05) is 0 Å². The summed E-state index contributed by atoms with van der Waals surface area (Å²) >= 11 is 3.73. The lowest BCUT2D eigenvalue weighted by Gasteiger charge is -2.47. The van der Waals surface area contributed by atoms with Gasteiger partial charge in [0.15, 0.2) is 0 Å². The van der Waals surface area contributed by atoms with Gasteiger partial charge in [-0.3, -0.25) is 0 Å². The lowest BCUT2D eigenvalue weighted by molar-refractivity contribution is -0.0268. The van der Waals surface area contributed by atoms with Gasteiger partial charge < -0.3 is 9.84 Å². The second kappa shape index (κ2) is 4.99. The lowest BCUT2D eigenvalue weighted by Crippen LogP contribution is -2.51. The van der Waals surface area contributed by atoms with Crippen LogP contribution in [0.5, 0.6) is 5.75 Å². The number of alkyl halides is 1. The van der Waals surface area contributed by atoms with Crippen LogP contribution in [0.4, 0.5) is 0 Å². The van der Waals surface area contributed by atoms with Crippen molar-refractivity contribution in [1.29, 1.82) is 0 Å². The van der Waals surface area contributed by atoms with Crippen LogP contribution in [0.2, 0.25) is 0 Å². The Balaban J connectivity index is 1.90. The third-order valence-corrected chi connectivity index (χ3v) is 6.35. The molecule has 0 bridgehead atoms. The molecule has 1 spiro atoms. The Labute approximate surface area is 133 Å². The normalized spacial score (nSPS) is 27.3. The molecule has 2 unspecified atom stereocenters. The van der Waals surface area contributed by atoms with Gasteiger partial charge in [-0.05, 0) is 31.1 Å². The fraction of sp³-hybridized carbons (Fsp3) is 0.444. The van der Waals surface area contributed by atoms with Gasteiger partial charge in [-0.15, -0.1) is 0 Å². The molecule has 1 fully saturated rings. The molecule has 2 nitrogen and oxygen atoms in total. The first kappa shape index (κ1) is 13.6. The molecule has 1 aliphatic heterocycles. The Morgan fingerprint density at radius 1 is 1.05 bits per heavy atom. The third kappa shape index (κ3) is 2.01. The van der Waals surface area contributed by atoms with Crippen molar-refractivity contribution in [2.45, 2.75) is 48.6 Å². The number of rotatable bonds is 0. The van der Waals surface area contributed by atoms with Crippen LogP contribution in [0.1, 0.15) is 43.8 Å². The predicted octanol–water partition coefficient (Wildman–Crippen LogP) is 4.73. The van der Waals surface area contributed by atoms with Crippen molar-refractivity contribution in [3.8, 4) is 5.75 Å². The first-order valence-electron chi connectivity index (χ1n) is 7.74. The molecule has 0 radical (unpaired) electrons. The van der Waals surface area contributed by atoms with E-state index >= 15 is 0 Å². The van der Waals surface area contributed by atoms with Gasteiger partial charge in [0, 0.05) is 10.9 Å². The van der Waals surface area contributed by atoms with E-state index in [4.69, 9.17) is 4.74 Å². The highest BCUT2D eigenvalue weighted by molar-refractivity contribution is 9.09. The highest BCUT2D eigenvalue weighted by Gasteiger charge is 2.49. The monoisotopic (exact) mass is 346 g/mol. The van der Waals surface area contributed by atoms with E-state index in [9.17, 15) is 5.11 Å². The molecule has 0 aromatic heterocycles. The zero-order chi connectivity index (χ0) is 14.4. The molecule has 2 atom stereocenters. The minimum atomic E-state index is -0.503. The number of hydrogen-bond donors (Lipinski definition) is 1. The maximum Gasteiger partial charge on any atom is 0.133 e. The fourth-order valence-electron chi connectivity index (χ4n) is 3.84. The summed E-state index contributed by atoms with van der Waals surface area (Å²) in [6.45, 7) is 0. The zero-order valence-corrected chi connectivity index (χ0v) is 13.5. The maximum atomic E-state index is 10.8. The molecule has 1 N–H and O–H groups in total. The van der Waals surface area contributed by atoms with Gasteiger partial charge >= 0.3 is 0 Å². The van der Waals surface area contributed by atoms with E-state index in [2.05, 4.69) is 34.1 Å². The molecule has 2 aromatic carbocycles. The number of fused-ring (bicyclic) bond motifs is 3. The maximum absolute atomic E-state index is 10.8. The topological polar surface area (TPSA) is 29.5 Å². The molecule has 1 heterocycles. The summed E-state index contributed by atoms with van der Waals surface area (Å²) in [7, 11) is 0. The third-order valence-electron chi connectivity index (χ3n) is 5.01. The minimum Gasteiger partial charge on any atom is -0.485 e. The van der Waals surface area contributed by atoms with Crippen molar-refractivity contribution < 1.29 is 9.84 Å². The first-order chi connectivity index (χ1) is 10.2. The largest absolute Gasteiger partial charge is 0.485 e. The van der Waals surface area contributed by atoms with Crippen LogP contribution in [-0.2, 0) is 0 Å². The SMILES string of the molecule is OC1c2ccc3ccccc3c2OC2(CCCCC2)C1Br. The molecule has 1 saturated carbocycles. The van der Waals surface area contributed by atoms with Crippen LogP contribution in [-0.4, -0.2) is 15.5 Å². The van der Waals surface area contributed by atoms with Gasteiger partial charge in [-0.25, -0.2) is 0 Å². The molecule has 110 valence electrons. The van der Waals surface area contributed by atoms with Gasteiger partial charge in [-0.2, -0.15) is 0 Å². The summed E-state index contributed by atoms with van der Waals surface area (Å²) in [6.07, 6.45) is 5.15. The highest BCUT2D eigenvalue weighted by atomic mass is 79.9. The van der Waals surface area contributed by atoms with Crippen LogP contribution < -0.4 is 4.74 Å². The Morgan fingerprint density at radius 2 is 1.81 bits per heavy atom. The van der Waals surface area contributed by atoms with E-state index < -0.39 is 6.10 Å². The molecule has 3 heteroatoms. The van der Waals surface area contributed by atoms with Gasteiger partial charge in [0.05, 0.1) is 10.9 Å². The second-order valence-electron chi connectivity index (χ2n) is 6.28. The summed E-state index contributed by atoms with van der Waals surface area (Å²) < 4.78 is 6.55. The standard InChI is InChI=1S/C18H19BrO2/c19-17-15(20)14-9-8-12-6-2-3-7-13(12)16(14)21-18(17)10-4-1-5-11-18/h2-3,6-9,15,17,20H,1,4-5,10-11H2. The average molecular weight is 347 g/mol. The Morgan fingerprint density at radius 3 is 2.62 bits per heavy atom. The number of benzene rings is 2. The summed E-state index contributed by atoms with van der Waals surface area (Å²) in [6, 6.07) is 12.3. The van der Waals surface area contributed by atoms with Gasteiger partial charge in [0.25, 0.3) is 0 Å². The number of hydrogen-bond acceptors (Lipinski definition) is 2. The van der Waals surface area contributed by atoms with Crippen LogP contribution in [0.25, 0.3) is 10.8 Å². The first-order valence-corrected chi connectivity index (χ1v) is 8.66. The molecule has 0 amide bonds. The van der Waals surface area contributed by atoms with E-state index in [1.807, 2.05) is 18.2 Å². The van der Waals surface area contributed by atoms with Gasteiger partial charge in [-0.1, -0.05) is 58.7 Å². The van der Waals surface area contributed by atoms with Crippen molar-refractivity contribution >= 4 is 26.7 Å². The van der Waals surface area contributed by atoms with Gasteiger partial charge in [0.2, 0.25) is 0 Å². The van der Waals surface area contributed by atoms with E-state index in [-0.39, 0.29) is 10.4 Å². The second-order valence-corrected chi connectivity index (χ2v) is 7.27. The van der Waals surface area contributed by atoms with E-state index in [1.165, 1.54) is 24.6 Å². The Kier molecular flexibility index (Phi) is 3.23. The quantitative estimate of drug-likeness (QED) is 0.698. The zero-order valence-electron chi connectivity index (χ0n) is 11.9. The van der Waals surface area contributed by atoms with Crippen molar-refractivity contribution in [1.82, 2.24) is 0 Å². The smallest absolute Gasteiger partial charge is 0.133 e. The molecule has 4 rings (SSSR count). The number of aliphatic hydroxyl groups is 1. The summed E-state index contributed by atoms with van der Waals surface area (Å²) in [4.78, 5) is -0.0287. The van der Waals surface area contributed by atoms with Crippen molar-refractivity contribution in [3.05, 3.63) is 42.0 Å². The van der Waals surface area contributed by atoms with Gasteiger partial charge in [0.1, 0.15) is 11.4 Å². The molecule has 21 heavy (non-hydrogen) atoms. The van der Waals surface area contributed by atoms with E-state index in [1.54, 1.807) is 0 Å². The molecule has 2 aliphatic rings. The van der Waals surface area contributed by atoms with E-state index in [0.29, 0.717) is 0 Å². The van der Waals surface area contributed by atoms with Crippen LogP contribution in [0.15, 0.2) is 36.4 Å². The average Bonchev–Trinajstić information content (AvgIpc) is 2.54. The summed E-state index contributed by atoms with van der Waals surface area (Å²) in [5, 5.41) is 13.1. The Hall–Kier alpha value is -1.06. The van der Waals surface area contributed by atoms with E-state index in [0.717, 1.165) is 29.5 Å². The van der Waals surface area contributed by atoms with Crippen molar-refractivity contribution in [3.63, 3.8) is 0 Å². The predicted molar refractivity (Wildman–Crippen MR) is 88.1 cm³/mol. The number of ether oxygens (including phenoxy) is 1. The van der Waals surface area contributed by atoms with Crippen molar-refractivity contribution in [2.24, 2.45) is 0 Å². The highest BCUT2D eigenvalue weighted by Crippen LogP contribution is 2.51. The van der Waals surface area contributed by atoms with Crippen LogP contribution in [0.3, 0.4) is 0 Å². The summed E-state index contributed by atoms with van der Waals surface area (Å²) in [5.41, 5.74) is 0.654. The summed E-state index contributed by atoms with van der Waals surface area (Å²) in [5.74, 6) is 0.887.